The number of aliphatic hydroxyl groups is 1. The number of halogens is 2. The van der Waals surface area contributed by atoms with Crippen LogP contribution in [0, 0.1) is 0 Å². The maximum atomic E-state index is 11.8. The van der Waals surface area contributed by atoms with E-state index in [0.717, 1.165) is 0 Å². The lowest BCUT2D eigenvalue weighted by molar-refractivity contribution is 0.162. The Hall–Kier alpha value is -0.290. The molecule has 0 fully saturated rings. The number of aliphatic hydroxyl groups excluding tert-OH is 1. The number of alkyl halides is 1. The predicted molar refractivity (Wildman–Crippen MR) is 70.1 cm³/mol. The number of hydrogen-bond donors (Lipinski definition) is 1. The van der Waals surface area contributed by atoms with Crippen LogP contribution in [-0.2, 0) is 9.84 Å². The first-order chi connectivity index (χ1) is 7.72. The van der Waals surface area contributed by atoms with Crippen LogP contribution in [0.4, 0.5) is 0 Å². The lowest BCUT2D eigenvalue weighted by Gasteiger charge is -2.27. The lowest BCUT2D eigenvalue weighted by atomic mass is 10.1. The van der Waals surface area contributed by atoms with Crippen LogP contribution in [0.25, 0.3) is 0 Å². The van der Waals surface area contributed by atoms with Crippen LogP contribution in [-0.4, -0.2) is 23.5 Å². The summed E-state index contributed by atoms with van der Waals surface area (Å²) in [5.41, 5.74) is 0.382. The molecular weight excluding hydrogens is 283 g/mol. The summed E-state index contributed by atoms with van der Waals surface area (Å²) < 4.78 is 21.8. The quantitative estimate of drug-likeness (QED) is 0.869. The smallest absolute Gasteiger partial charge is 0.172 e. The average Bonchev–Trinajstić information content (AvgIpc) is 2.27. The van der Waals surface area contributed by atoms with Gasteiger partial charge in [0.05, 0.1) is 0 Å². The topological polar surface area (TPSA) is 54.4 Å². The molecule has 1 aromatic rings. The molecule has 0 saturated heterocycles. The summed E-state index contributed by atoms with van der Waals surface area (Å²) in [6.07, 6.45) is -1.33. The highest BCUT2D eigenvalue weighted by Gasteiger charge is 2.43. The Bertz CT molecular complexity index is 497. The molecule has 0 radical (unpaired) electrons. The van der Waals surface area contributed by atoms with Gasteiger partial charge in [0.25, 0.3) is 0 Å². The molecule has 0 spiro atoms. The Morgan fingerprint density at radius 2 is 2.06 bits per heavy atom. The molecule has 17 heavy (non-hydrogen) atoms. The largest absolute Gasteiger partial charge is 0.385 e. The summed E-state index contributed by atoms with van der Waals surface area (Å²) in [6, 6.07) is 6.35. The first-order valence-electron chi connectivity index (χ1n) is 5.07. The van der Waals surface area contributed by atoms with Gasteiger partial charge in [0.15, 0.2) is 14.0 Å². The van der Waals surface area contributed by atoms with Crippen molar-refractivity contribution in [3.8, 4) is 0 Å². The van der Waals surface area contributed by atoms with Gasteiger partial charge in [0.2, 0.25) is 0 Å². The van der Waals surface area contributed by atoms with Gasteiger partial charge in [-0.25, -0.2) is 8.42 Å². The van der Waals surface area contributed by atoms with E-state index in [4.69, 9.17) is 23.2 Å². The third kappa shape index (κ3) is 2.94. The zero-order chi connectivity index (χ0) is 13.3. The van der Waals surface area contributed by atoms with E-state index in [-0.39, 0.29) is 5.75 Å². The molecule has 1 rings (SSSR count). The van der Waals surface area contributed by atoms with Crippen molar-refractivity contribution in [2.75, 3.05) is 5.75 Å². The van der Waals surface area contributed by atoms with Gasteiger partial charge in [-0.3, -0.25) is 0 Å². The minimum atomic E-state index is -3.59. The maximum absolute atomic E-state index is 11.8. The van der Waals surface area contributed by atoms with E-state index in [1.54, 1.807) is 18.2 Å². The second-order valence-corrected chi connectivity index (χ2v) is 7.95. The SMILES string of the molecule is CCS(=O)(=O)[C@](C)(Cl)[C@H](O)c1cccc(Cl)c1. The molecule has 3 nitrogen and oxygen atoms in total. The monoisotopic (exact) mass is 296 g/mol. The van der Waals surface area contributed by atoms with E-state index in [9.17, 15) is 13.5 Å². The minimum Gasteiger partial charge on any atom is -0.385 e. The van der Waals surface area contributed by atoms with Crippen molar-refractivity contribution in [3.05, 3.63) is 34.9 Å². The number of rotatable bonds is 4. The second kappa shape index (κ2) is 5.14. The molecule has 0 aromatic heterocycles. The minimum absolute atomic E-state index is 0.134. The normalized spacial score (nSPS) is 17.5. The molecular formula is C11H14Cl2O3S. The van der Waals surface area contributed by atoms with E-state index in [0.29, 0.717) is 10.6 Å². The van der Waals surface area contributed by atoms with Crippen molar-refractivity contribution in [2.45, 2.75) is 24.2 Å². The molecule has 0 aliphatic carbocycles. The molecule has 2 atom stereocenters. The van der Waals surface area contributed by atoms with E-state index < -0.39 is 20.1 Å². The fraction of sp³-hybridized carbons (Fsp3) is 0.455. The number of sulfone groups is 1. The van der Waals surface area contributed by atoms with Gasteiger partial charge in [-0.1, -0.05) is 42.3 Å². The van der Waals surface area contributed by atoms with Crippen molar-refractivity contribution >= 4 is 33.0 Å². The number of benzene rings is 1. The van der Waals surface area contributed by atoms with Crippen LogP contribution >= 0.6 is 23.2 Å². The third-order valence-corrected chi connectivity index (χ3v) is 5.99. The molecule has 1 N–H and O–H groups in total. The van der Waals surface area contributed by atoms with Gasteiger partial charge in [-0.15, -0.1) is 0 Å². The molecule has 1 aromatic carbocycles. The molecule has 0 aliphatic rings. The van der Waals surface area contributed by atoms with Gasteiger partial charge in [0, 0.05) is 10.8 Å². The standard InChI is InChI=1S/C11H14Cl2O3S/c1-3-17(15,16)11(2,13)10(14)8-5-4-6-9(12)7-8/h4-7,10,14H,3H2,1-2H3/t10-,11+/m1/s1. The van der Waals surface area contributed by atoms with Gasteiger partial charge in [0.1, 0.15) is 6.10 Å². The van der Waals surface area contributed by atoms with E-state index in [1.165, 1.54) is 19.9 Å². The second-order valence-electron chi connectivity index (χ2n) is 3.85. The average molecular weight is 297 g/mol. The summed E-state index contributed by atoms with van der Waals surface area (Å²) in [4.78, 5) is 0. The summed E-state index contributed by atoms with van der Waals surface area (Å²) in [7, 11) is -3.59. The highest BCUT2D eigenvalue weighted by Crippen LogP contribution is 2.37. The Labute approximate surface area is 111 Å². The lowest BCUT2D eigenvalue weighted by Crippen LogP contribution is -2.37. The molecule has 0 aliphatic heterocycles. The molecule has 0 bridgehead atoms. The maximum Gasteiger partial charge on any atom is 0.172 e. The first kappa shape index (κ1) is 14.8. The van der Waals surface area contributed by atoms with E-state index in [2.05, 4.69) is 0 Å². The molecule has 0 heterocycles. The van der Waals surface area contributed by atoms with Crippen molar-refractivity contribution < 1.29 is 13.5 Å². The first-order valence-corrected chi connectivity index (χ1v) is 7.48. The fourth-order valence-electron chi connectivity index (χ4n) is 1.43. The van der Waals surface area contributed by atoms with Gasteiger partial charge in [-0.05, 0) is 24.6 Å². The molecule has 0 saturated carbocycles. The summed E-state index contributed by atoms with van der Waals surface area (Å²) in [6.45, 7) is 2.78. The van der Waals surface area contributed by atoms with Crippen LogP contribution in [0.3, 0.4) is 0 Å². The van der Waals surface area contributed by atoms with Gasteiger partial charge >= 0.3 is 0 Å². The Balaban J connectivity index is 3.17. The third-order valence-electron chi connectivity index (χ3n) is 2.64. The van der Waals surface area contributed by atoms with Crippen molar-refractivity contribution in [3.63, 3.8) is 0 Å². The summed E-state index contributed by atoms with van der Waals surface area (Å²) in [5, 5.41) is 10.5. The van der Waals surface area contributed by atoms with Crippen molar-refractivity contribution in [1.82, 2.24) is 0 Å². The van der Waals surface area contributed by atoms with Crippen LogP contribution in [0.15, 0.2) is 24.3 Å². The van der Waals surface area contributed by atoms with Crippen LogP contribution in [0.2, 0.25) is 5.02 Å². The van der Waals surface area contributed by atoms with Gasteiger partial charge < -0.3 is 5.11 Å². The molecule has 0 unspecified atom stereocenters. The zero-order valence-corrected chi connectivity index (χ0v) is 11.9. The Morgan fingerprint density at radius 1 is 1.47 bits per heavy atom. The van der Waals surface area contributed by atoms with Crippen LogP contribution in [0.5, 0.6) is 0 Å². The highest BCUT2D eigenvalue weighted by molar-refractivity contribution is 7.94. The Kier molecular flexibility index (Phi) is 4.47. The van der Waals surface area contributed by atoms with Crippen LogP contribution in [0.1, 0.15) is 25.5 Å². The van der Waals surface area contributed by atoms with Crippen LogP contribution < -0.4 is 0 Å². The fourth-order valence-corrected chi connectivity index (χ4v) is 3.12. The molecule has 6 heteroatoms. The van der Waals surface area contributed by atoms with Gasteiger partial charge in [-0.2, -0.15) is 0 Å². The molecule has 0 amide bonds. The van der Waals surface area contributed by atoms with Crippen molar-refractivity contribution in [1.29, 1.82) is 0 Å². The van der Waals surface area contributed by atoms with E-state index >= 15 is 0 Å². The Morgan fingerprint density at radius 3 is 2.53 bits per heavy atom. The predicted octanol–water partition coefficient (Wildman–Crippen LogP) is 2.76. The van der Waals surface area contributed by atoms with E-state index in [1.807, 2.05) is 0 Å². The summed E-state index contributed by atoms with van der Waals surface area (Å²) >= 11 is 11.8. The highest BCUT2D eigenvalue weighted by atomic mass is 35.5. The zero-order valence-electron chi connectivity index (χ0n) is 9.52. The van der Waals surface area contributed by atoms with Crippen molar-refractivity contribution in [2.24, 2.45) is 0 Å². The molecule has 96 valence electrons. The number of hydrogen-bond acceptors (Lipinski definition) is 3. The summed E-state index contributed by atoms with van der Waals surface area (Å²) in [5.74, 6) is -0.134.